The minimum absolute atomic E-state index is 0.0588. The number of nitrogens with one attached hydrogen (secondary N) is 1. The number of rotatable bonds is 1. The van der Waals surface area contributed by atoms with E-state index in [1.165, 1.54) is 12.1 Å². The van der Waals surface area contributed by atoms with Crippen molar-refractivity contribution in [3.63, 3.8) is 0 Å². The third-order valence-corrected chi connectivity index (χ3v) is 4.32. The molecule has 0 atom stereocenters. The number of hydrogen-bond acceptors (Lipinski definition) is 4. The molecule has 1 N–H and O–H groups in total. The van der Waals surface area contributed by atoms with Gasteiger partial charge in [-0.2, -0.15) is 0 Å². The SMILES string of the molecule is O=S1(=O)CCNC([O-])=C1c1ccc(Cl)cc1. The van der Waals surface area contributed by atoms with Gasteiger partial charge in [-0.15, -0.1) is 0 Å². The van der Waals surface area contributed by atoms with Gasteiger partial charge in [0.05, 0.1) is 10.7 Å². The molecule has 2 rings (SSSR count). The second kappa shape index (κ2) is 3.99. The molecule has 1 heterocycles. The van der Waals surface area contributed by atoms with Crippen LogP contribution in [-0.2, 0) is 9.84 Å². The van der Waals surface area contributed by atoms with Crippen molar-refractivity contribution in [1.29, 1.82) is 0 Å². The fourth-order valence-corrected chi connectivity index (χ4v) is 3.09. The zero-order valence-electron chi connectivity index (χ0n) is 8.23. The first-order chi connectivity index (χ1) is 7.50. The fraction of sp³-hybridized carbons (Fsp3) is 0.200. The van der Waals surface area contributed by atoms with Crippen LogP contribution in [0.1, 0.15) is 5.56 Å². The van der Waals surface area contributed by atoms with Gasteiger partial charge in [0.1, 0.15) is 0 Å². The first kappa shape index (κ1) is 11.3. The van der Waals surface area contributed by atoms with E-state index in [0.29, 0.717) is 10.6 Å². The predicted octanol–water partition coefficient (Wildman–Crippen LogP) is 0.344. The number of halogens is 1. The van der Waals surface area contributed by atoms with Gasteiger partial charge in [0, 0.05) is 11.6 Å². The molecule has 0 amide bonds. The predicted molar refractivity (Wildman–Crippen MR) is 60.2 cm³/mol. The molecule has 0 spiro atoms. The molecule has 16 heavy (non-hydrogen) atoms. The summed E-state index contributed by atoms with van der Waals surface area (Å²) < 4.78 is 23.5. The van der Waals surface area contributed by atoms with E-state index < -0.39 is 15.7 Å². The van der Waals surface area contributed by atoms with Crippen LogP contribution in [0.5, 0.6) is 0 Å². The van der Waals surface area contributed by atoms with Gasteiger partial charge in [0.2, 0.25) is 0 Å². The summed E-state index contributed by atoms with van der Waals surface area (Å²) >= 11 is 5.70. The van der Waals surface area contributed by atoms with Gasteiger partial charge in [0.25, 0.3) is 0 Å². The lowest BCUT2D eigenvalue weighted by Crippen LogP contribution is -2.36. The molecule has 1 aromatic carbocycles. The first-order valence-electron chi connectivity index (χ1n) is 4.64. The van der Waals surface area contributed by atoms with E-state index in [2.05, 4.69) is 5.32 Å². The van der Waals surface area contributed by atoms with E-state index in [4.69, 9.17) is 11.6 Å². The van der Waals surface area contributed by atoms with E-state index in [1.54, 1.807) is 12.1 Å². The summed E-state index contributed by atoms with van der Waals surface area (Å²) in [4.78, 5) is -0.171. The lowest BCUT2D eigenvalue weighted by molar-refractivity contribution is -0.310. The van der Waals surface area contributed by atoms with Crippen LogP contribution in [0.3, 0.4) is 0 Å². The average Bonchev–Trinajstić information content (AvgIpc) is 2.19. The van der Waals surface area contributed by atoms with Gasteiger partial charge in [-0.3, -0.25) is 0 Å². The Labute approximate surface area is 98.5 Å². The quantitative estimate of drug-likeness (QED) is 0.789. The van der Waals surface area contributed by atoms with Crippen molar-refractivity contribution in [2.24, 2.45) is 0 Å². The molecular weight excluding hydrogens is 250 g/mol. The third-order valence-electron chi connectivity index (χ3n) is 2.28. The maximum atomic E-state index is 11.7. The van der Waals surface area contributed by atoms with Gasteiger partial charge in [0.15, 0.2) is 9.84 Å². The standard InChI is InChI=1S/C10H10ClNO3S/c11-8-3-1-7(2-4-8)9-10(13)12-5-6-16(9,14)15/h1-4,12-13H,5-6H2/p-1. The van der Waals surface area contributed by atoms with E-state index in [9.17, 15) is 13.5 Å². The van der Waals surface area contributed by atoms with Gasteiger partial charge in [-0.05, 0) is 23.6 Å². The molecule has 4 nitrogen and oxygen atoms in total. The third kappa shape index (κ3) is 2.01. The Kier molecular flexibility index (Phi) is 2.82. The van der Waals surface area contributed by atoms with E-state index in [-0.39, 0.29) is 17.2 Å². The Hall–Kier alpha value is -1.20. The number of sulfone groups is 1. The smallest absolute Gasteiger partial charge is 0.181 e. The maximum Gasteiger partial charge on any atom is 0.181 e. The Morgan fingerprint density at radius 1 is 1.25 bits per heavy atom. The van der Waals surface area contributed by atoms with Crippen LogP contribution >= 0.6 is 11.6 Å². The lowest BCUT2D eigenvalue weighted by atomic mass is 10.2. The highest BCUT2D eigenvalue weighted by Gasteiger charge is 2.23. The summed E-state index contributed by atoms with van der Waals surface area (Å²) in [5, 5.41) is 14.5. The molecule has 0 fully saturated rings. The van der Waals surface area contributed by atoms with E-state index in [1.807, 2.05) is 0 Å². The average molecular weight is 259 g/mol. The number of benzene rings is 1. The highest BCUT2D eigenvalue weighted by molar-refractivity contribution is 8.00. The Morgan fingerprint density at radius 3 is 2.44 bits per heavy atom. The van der Waals surface area contributed by atoms with Crippen molar-refractivity contribution in [1.82, 2.24) is 5.32 Å². The van der Waals surface area contributed by atoms with Crippen molar-refractivity contribution in [3.05, 3.63) is 40.7 Å². The Balaban J connectivity index is 2.57. The van der Waals surface area contributed by atoms with Crippen LogP contribution in [0.25, 0.3) is 4.91 Å². The van der Waals surface area contributed by atoms with Crippen molar-refractivity contribution in [2.75, 3.05) is 12.3 Å². The van der Waals surface area contributed by atoms with Crippen LogP contribution in [-0.4, -0.2) is 20.7 Å². The summed E-state index contributed by atoms with van der Waals surface area (Å²) in [6, 6.07) is 6.17. The molecule has 1 aliphatic rings. The molecule has 1 aliphatic heterocycles. The lowest BCUT2D eigenvalue weighted by Gasteiger charge is -2.26. The Morgan fingerprint density at radius 2 is 1.88 bits per heavy atom. The molecule has 0 saturated heterocycles. The molecule has 1 aromatic rings. The van der Waals surface area contributed by atoms with Crippen LogP contribution in [0.2, 0.25) is 5.02 Å². The van der Waals surface area contributed by atoms with Crippen molar-refractivity contribution in [3.8, 4) is 0 Å². The van der Waals surface area contributed by atoms with Gasteiger partial charge in [-0.1, -0.05) is 23.7 Å². The van der Waals surface area contributed by atoms with Gasteiger partial charge >= 0.3 is 0 Å². The summed E-state index contributed by atoms with van der Waals surface area (Å²) in [6.45, 7) is 0.165. The zero-order chi connectivity index (χ0) is 11.8. The maximum absolute atomic E-state index is 11.7. The summed E-state index contributed by atoms with van der Waals surface area (Å²) in [7, 11) is -3.48. The van der Waals surface area contributed by atoms with Gasteiger partial charge < -0.3 is 10.4 Å². The second-order valence-electron chi connectivity index (χ2n) is 3.41. The largest absolute Gasteiger partial charge is 0.860 e. The highest BCUT2D eigenvalue weighted by Crippen LogP contribution is 2.26. The van der Waals surface area contributed by atoms with Crippen LogP contribution in [0.15, 0.2) is 30.1 Å². The van der Waals surface area contributed by atoms with E-state index >= 15 is 0 Å². The fourth-order valence-electron chi connectivity index (χ4n) is 1.53. The summed E-state index contributed by atoms with van der Waals surface area (Å²) in [5.41, 5.74) is 0.376. The minimum Gasteiger partial charge on any atom is -0.860 e. The molecule has 0 saturated carbocycles. The van der Waals surface area contributed by atoms with Gasteiger partial charge in [-0.25, -0.2) is 8.42 Å². The molecule has 0 aromatic heterocycles. The summed E-state index contributed by atoms with van der Waals surface area (Å²) in [5.74, 6) is -0.606. The Bertz CT molecular complexity index is 534. The van der Waals surface area contributed by atoms with Crippen LogP contribution in [0.4, 0.5) is 0 Å². The minimum atomic E-state index is -3.48. The molecule has 0 aliphatic carbocycles. The second-order valence-corrected chi connectivity index (χ2v) is 5.89. The zero-order valence-corrected chi connectivity index (χ0v) is 9.81. The molecule has 6 heteroatoms. The number of hydrogen-bond donors (Lipinski definition) is 1. The van der Waals surface area contributed by atoms with Crippen molar-refractivity contribution >= 4 is 26.3 Å². The normalized spacial score (nSPS) is 19.3. The van der Waals surface area contributed by atoms with Crippen molar-refractivity contribution in [2.45, 2.75) is 0 Å². The molecule has 0 unspecified atom stereocenters. The first-order valence-corrected chi connectivity index (χ1v) is 6.67. The molecule has 86 valence electrons. The molecule has 0 bridgehead atoms. The highest BCUT2D eigenvalue weighted by atomic mass is 35.5. The molecule has 0 radical (unpaired) electrons. The summed E-state index contributed by atoms with van der Waals surface area (Å²) in [6.07, 6.45) is 0. The van der Waals surface area contributed by atoms with Crippen molar-refractivity contribution < 1.29 is 13.5 Å². The van der Waals surface area contributed by atoms with Crippen LogP contribution < -0.4 is 10.4 Å². The van der Waals surface area contributed by atoms with E-state index in [0.717, 1.165) is 0 Å². The topological polar surface area (TPSA) is 69.2 Å². The molecular formula is C10H9ClNO3S-. The monoisotopic (exact) mass is 258 g/mol. The van der Waals surface area contributed by atoms with Crippen LogP contribution in [0, 0.1) is 0 Å².